The molecule has 3 heterocycles. The Morgan fingerprint density at radius 3 is 2.59 bits per heavy atom. The molecule has 2 aliphatic rings. The number of rotatable bonds is 4. The average molecular weight is 419 g/mol. The lowest BCUT2D eigenvalue weighted by molar-refractivity contribution is 0.0696. The number of piperazine rings is 1. The van der Waals surface area contributed by atoms with Gasteiger partial charge in [-0.3, -0.25) is 9.48 Å². The Labute approximate surface area is 171 Å². The third kappa shape index (κ3) is 3.64. The summed E-state index contributed by atoms with van der Waals surface area (Å²) in [7, 11) is -2.23. The molecule has 4 rings (SSSR count). The van der Waals surface area contributed by atoms with E-state index in [9.17, 15) is 13.2 Å². The molecule has 1 aromatic carbocycles. The highest BCUT2D eigenvalue weighted by atomic mass is 32.2. The number of hydrogen-bond donors (Lipinski definition) is 0. The standard InChI is InChI=1S/C20H26N4O4S/c1-15-6-7-18(28-2)19(13-15)29(26,27)23-11-9-22(10-12-23)20(25)16-14-21-24-8-4-3-5-17(16)24/h6-7,13-14H,3-5,8-12H2,1-2H3. The Morgan fingerprint density at radius 2 is 1.86 bits per heavy atom. The quantitative estimate of drug-likeness (QED) is 0.754. The predicted octanol–water partition coefficient (Wildman–Crippen LogP) is 1.68. The van der Waals surface area contributed by atoms with E-state index in [-0.39, 0.29) is 23.9 Å². The number of carbonyl (C=O) groups is 1. The molecule has 0 spiro atoms. The van der Waals surface area contributed by atoms with E-state index < -0.39 is 10.0 Å². The minimum atomic E-state index is -3.69. The average Bonchev–Trinajstić information content (AvgIpc) is 3.17. The van der Waals surface area contributed by atoms with Crippen LogP contribution in [0.4, 0.5) is 0 Å². The number of amides is 1. The number of benzene rings is 1. The number of ether oxygens (including phenoxy) is 1. The lowest BCUT2D eigenvalue weighted by atomic mass is 10.1. The fourth-order valence-electron chi connectivity index (χ4n) is 4.03. The van der Waals surface area contributed by atoms with Gasteiger partial charge in [-0.05, 0) is 43.9 Å². The smallest absolute Gasteiger partial charge is 0.257 e. The zero-order valence-corrected chi connectivity index (χ0v) is 17.6. The van der Waals surface area contributed by atoms with Crippen molar-refractivity contribution in [1.29, 1.82) is 0 Å². The van der Waals surface area contributed by atoms with Crippen molar-refractivity contribution in [3.8, 4) is 5.75 Å². The first-order chi connectivity index (χ1) is 13.9. The first-order valence-corrected chi connectivity index (χ1v) is 11.3. The van der Waals surface area contributed by atoms with E-state index in [2.05, 4.69) is 5.10 Å². The van der Waals surface area contributed by atoms with Crippen LogP contribution in [0.25, 0.3) is 0 Å². The highest BCUT2D eigenvalue weighted by molar-refractivity contribution is 7.89. The van der Waals surface area contributed by atoms with E-state index in [4.69, 9.17) is 4.74 Å². The maximum absolute atomic E-state index is 13.1. The maximum atomic E-state index is 13.1. The molecular weight excluding hydrogens is 392 g/mol. The molecule has 0 radical (unpaired) electrons. The molecule has 9 heteroatoms. The summed E-state index contributed by atoms with van der Waals surface area (Å²) < 4.78 is 34.9. The summed E-state index contributed by atoms with van der Waals surface area (Å²) in [4.78, 5) is 14.9. The number of nitrogens with zero attached hydrogens (tertiary/aromatic N) is 4. The van der Waals surface area contributed by atoms with Crippen LogP contribution in [-0.4, -0.2) is 66.6 Å². The van der Waals surface area contributed by atoms with Gasteiger partial charge >= 0.3 is 0 Å². The monoisotopic (exact) mass is 418 g/mol. The maximum Gasteiger partial charge on any atom is 0.257 e. The van der Waals surface area contributed by atoms with Gasteiger partial charge in [-0.1, -0.05) is 6.07 Å². The Bertz CT molecular complexity index is 1020. The zero-order valence-electron chi connectivity index (χ0n) is 16.8. The second-order valence-corrected chi connectivity index (χ2v) is 9.44. The fraction of sp³-hybridized carbons (Fsp3) is 0.500. The molecular formula is C20H26N4O4S. The van der Waals surface area contributed by atoms with Crippen LogP contribution in [0.5, 0.6) is 5.75 Å². The summed E-state index contributed by atoms with van der Waals surface area (Å²) in [6.45, 7) is 3.94. The fourth-order valence-corrected chi connectivity index (χ4v) is 5.69. The topological polar surface area (TPSA) is 84.7 Å². The van der Waals surface area contributed by atoms with Crippen LogP contribution in [0.1, 0.15) is 34.5 Å². The van der Waals surface area contributed by atoms with Crippen LogP contribution in [0.2, 0.25) is 0 Å². The van der Waals surface area contributed by atoms with Crippen LogP contribution >= 0.6 is 0 Å². The second-order valence-electron chi connectivity index (χ2n) is 7.54. The Morgan fingerprint density at radius 1 is 1.10 bits per heavy atom. The number of fused-ring (bicyclic) bond motifs is 1. The van der Waals surface area contributed by atoms with Crippen LogP contribution in [-0.2, 0) is 23.0 Å². The van der Waals surface area contributed by atoms with Gasteiger partial charge < -0.3 is 9.64 Å². The van der Waals surface area contributed by atoms with Crippen molar-refractivity contribution in [2.24, 2.45) is 0 Å². The van der Waals surface area contributed by atoms with Gasteiger partial charge in [0.1, 0.15) is 10.6 Å². The van der Waals surface area contributed by atoms with Crippen molar-refractivity contribution in [1.82, 2.24) is 19.0 Å². The molecule has 2 aromatic rings. The molecule has 1 fully saturated rings. The number of carbonyl (C=O) groups excluding carboxylic acids is 1. The first kappa shape index (κ1) is 19.9. The van der Waals surface area contributed by atoms with E-state index >= 15 is 0 Å². The molecule has 0 aliphatic carbocycles. The minimum absolute atomic E-state index is 0.0571. The Balaban J connectivity index is 1.49. The summed E-state index contributed by atoms with van der Waals surface area (Å²) in [5.41, 5.74) is 2.51. The van der Waals surface area contributed by atoms with Crippen LogP contribution < -0.4 is 4.74 Å². The molecule has 1 aromatic heterocycles. The van der Waals surface area contributed by atoms with Crippen LogP contribution in [0.15, 0.2) is 29.3 Å². The molecule has 8 nitrogen and oxygen atoms in total. The van der Waals surface area contributed by atoms with E-state index in [1.165, 1.54) is 11.4 Å². The summed E-state index contributed by atoms with van der Waals surface area (Å²) in [5.74, 6) is 0.277. The van der Waals surface area contributed by atoms with E-state index in [1.54, 1.807) is 23.2 Å². The van der Waals surface area contributed by atoms with E-state index in [1.807, 2.05) is 17.7 Å². The summed E-state index contributed by atoms with van der Waals surface area (Å²) in [6, 6.07) is 5.12. The van der Waals surface area contributed by atoms with Crippen molar-refractivity contribution in [3.63, 3.8) is 0 Å². The molecule has 0 N–H and O–H groups in total. The number of hydrogen-bond acceptors (Lipinski definition) is 5. The summed E-state index contributed by atoms with van der Waals surface area (Å²) in [6.07, 6.45) is 4.67. The van der Waals surface area contributed by atoms with Crippen molar-refractivity contribution >= 4 is 15.9 Å². The summed E-state index contributed by atoms with van der Waals surface area (Å²) in [5, 5.41) is 4.34. The molecule has 0 atom stereocenters. The third-order valence-electron chi connectivity index (χ3n) is 5.68. The lowest BCUT2D eigenvalue weighted by Crippen LogP contribution is -2.50. The van der Waals surface area contributed by atoms with Crippen LogP contribution in [0.3, 0.4) is 0 Å². The van der Waals surface area contributed by atoms with Crippen LogP contribution in [0, 0.1) is 6.92 Å². The van der Waals surface area contributed by atoms with Crippen molar-refractivity contribution in [2.75, 3.05) is 33.3 Å². The number of methoxy groups -OCH3 is 1. The molecule has 29 heavy (non-hydrogen) atoms. The summed E-state index contributed by atoms with van der Waals surface area (Å²) >= 11 is 0. The van der Waals surface area contributed by atoms with Gasteiger partial charge in [0.05, 0.1) is 24.6 Å². The van der Waals surface area contributed by atoms with Gasteiger partial charge in [0.25, 0.3) is 5.91 Å². The molecule has 1 saturated heterocycles. The van der Waals surface area contributed by atoms with E-state index in [0.717, 1.165) is 37.1 Å². The molecule has 156 valence electrons. The van der Waals surface area contributed by atoms with Crippen molar-refractivity contribution in [3.05, 3.63) is 41.2 Å². The third-order valence-corrected chi connectivity index (χ3v) is 7.60. The van der Waals surface area contributed by atoms with Gasteiger partial charge in [-0.25, -0.2) is 8.42 Å². The Hall–Kier alpha value is -2.39. The highest BCUT2D eigenvalue weighted by Crippen LogP contribution is 2.29. The van der Waals surface area contributed by atoms with Gasteiger partial charge in [-0.15, -0.1) is 0 Å². The first-order valence-electron chi connectivity index (χ1n) is 9.90. The highest BCUT2D eigenvalue weighted by Gasteiger charge is 2.33. The lowest BCUT2D eigenvalue weighted by Gasteiger charge is -2.34. The zero-order chi connectivity index (χ0) is 20.6. The van der Waals surface area contributed by atoms with Gasteiger partial charge in [0.2, 0.25) is 10.0 Å². The van der Waals surface area contributed by atoms with Gasteiger partial charge in [0.15, 0.2) is 0 Å². The predicted molar refractivity (Wildman–Crippen MR) is 108 cm³/mol. The largest absolute Gasteiger partial charge is 0.495 e. The van der Waals surface area contributed by atoms with Gasteiger partial charge in [-0.2, -0.15) is 9.40 Å². The number of sulfonamides is 1. The number of aryl methyl sites for hydroxylation is 2. The minimum Gasteiger partial charge on any atom is -0.495 e. The van der Waals surface area contributed by atoms with E-state index in [0.29, 0.717) is 24.4 Å². The number of aromatic nitrogens is 2. The van der Waals surface area contributed by atoms with Crippen molar-refractivity contribution < 1.29 is 17.9 Å². The molecule has 2 aliphatic heterocycles. The molecule has 0 bridgehead atoms. The second kappa shape index (κ2) is 7.79. The molecule has 0 unspecified atom stereocenters. The Kier molecular flexibility index (Phi) is 5.35. The molecule has 0 saturated carbocycles. The van der Waals surface area contributed by atoms with Crippen molar-refractivity contribution in [2.45, 2.75) is 37.6 Å². The normalized spacial score (nSPS) is 17.8. The van der Waals surface area contributed by atoms with Gasteiger partial charge in [0, 0.05) is 32.7 Å². The SMILES string of the molecule is COc1ccc(C)cc1S(=O)(=O)N1CCN(C(=O)c2cnn3c2CCCC3)CC1. The molecule has 1 amide bonds.